The van der Waals surface area contributed by atoms with Crippen molar-refractivity contribution < 1.29 is 14.1 Å². The lowest BCUT2D eigenvalue weighted by Gasteiger charge is -2.27. The lowest BCUT2D eigenvalue weighted by molar-refractivity contribution is 0.0693. The Hall–Kier alpha value is -0.680. The van der Waals surface area contributed by atoms with Gasteiger partial charge in [-0.15, -0.1) is 0 Å². The van der Waals surface area contributed by atoms with E-state index in [0.29, 0.717) is 4.90 Å². The first-order valence-electron chi connectivity index (χ1n) is 6.96. The zero-order valence-corrected chi connectivity index (χ0v) is 13.9. The molecule has 1 aliphatic rings. The monoisotopic (exact) mass is 358 g/mol. The third-order valence-electron chi connectivity index (χ3n) is 4.06. The first kappa shape index (κ1) is 15.7. The van der Waals surface area contributed by atoms with Crippen molar-refractivity contribution in [3.63, 3.8) is 0 Å². The zero-order chi connectivity index (χ0) is 14.7. The van der Waals surface area contributed by atoms with Crippen molar-refractivity contribution in [3.8, 4) is 0 Å². The molecule has 1 aromatic carbocycles. The van der Waals surface area contributed by atoms with Crippen molar-refractivity contribution in [2.24, 2.45) is 5.92 Å². The van der Waals surface area contributed by atoms with Gasteiger partial charge >= 0.3 is 5.97 Å². The Morgan fingerprint density at radius 1 is 1.35 bits per heavy atom. The minimum absolute atomic E-state index is 0.0881. The predicted octanol–water partition coefficient (Wildman–Crippen LogP) is 4.22. The van der Waals surface area contributed by atoms with Crippen LogP contribution in [0, 0.1) is 5.92 Å². The molecule has 3 nitrogen and oxygen atoms in total. The fraction of sp³-hybridized carbons (Fsp3) is 0.533. The van der Waals surface area contributed by atoms with E-state index >= 15 is 0 Å². The number of hydrogen-bond donors (Lipinski definition) is 1. The Labute approximate surface area is 130 Å². The van der Waals surface area contributed by atoms with Crippen molar-refractivity contribution in [3.05, 3.63) is 28.2 Å². The van der Waals surface area contributed by atoms with Crippen LogP contribution in [0.2, 0.25) is 0 Å². The molecule has 0 saturated heterocycles. The highest BCUT2D eigenvalue weighted by Gasteiger charge is 2.27. The van der Waals surface area contributed by atoms with Crippen LogP contribution in [0.25, 0.3) is 0 Å². The molecule has 0 heterocycles. The molecule has 110 valence electrons. The largest absolute Gasteiger partial charge is 0.478 e. The van der Waals surface area contributed by atoms with Crippen molar-refractivity contribution in [1.82, 2.24) is 0 Å². The molecule has 0 radical (unpaired) electrons. The summed E-state index contributed by atoms with van der Waals surface area (Å²) in [5, 5.41) is 9.32. The molecular weight excluding hydrogens is 340 g/mol. The molecule has 0 amide bonds. The third kappa shape index (κ3) is 3.50. The van der Waals surface area contributed by atoms with Gasteiger partial charge < -0.3 is 5.11 Å². The van der Waals surface area contributed by atoms with Gasteiger partial charge in [0, 0.05) is 9.72 Å². The van der Waals surface area contributed by atoms with Gasteiger partial charge in [0.1, 0.15) is 0 Å². The second kappa shape index (κ2) is 6.85. The second-order valence-electron chi connectivity index (χ2n) is 5.29. The smallest absolute Gasteiger partial charge is 0.336 e. The van der Waals surface area contributed by atoms with Gasteiger partial charge in [-0.25, -0.2) is 4.79 Å². The topological polar surface area (TPSA) is 54.4 Å². The quantitative estimate of drug-likeness (QED) is 0.876. The first-order valence-corrected chi connectivity index (χ1v) is 8.97. The Morgan fingerprint density at radius 3 is 2.55 bits per heavy atom. The van der Waals surface area contributed by atoms with Crippen molar-refractivity contribution in [2.75, 3.05) is 0 Å². The van der Waals surface area contributed by atoms with Gasteiger partial charge in [-0.1, -0.05) is 29.3 Å². The SMILES string of the molecule is CCC1CCC(S(=O)c2cc(Br)ccc2C(=O)O)CC1. The number of halogens is 1. The minimum atomic E-state index is -1.24. The normalized spacial score (nSPS) is 24.3. The molecule has 0 aromatic heterocycles. The maximum atomic E-state index is 12.7. The van der Waals surface area contributed by atoms with Crippen LogP contribution < -0.4 is 0 Å². The molecule has 1 aromatic rings. The van der Waals surface area contributed by atoms with E-state index in [-0.39, 0.29) is 10.8 Å². The van der Waals surface area contributed by atoms with E-state index in [1.54, 1.807) is 12.1 Å². The summed E-state index contributed by atoms with van der Waals surface area (Å²) < 4.78 is 13.5. The van der Waals surface area contributed by atoms with Crippen LogP contribution in [0.1, 0.15) is 49.4 Å². The van der Waals surface area contributed by atoms with Crippen molar-refractivity contribution in [1.29, 1.82) is 0 Å². The molecule has 5 heteroatoms. The Kier molecular flexibility index (Phi) is 5.38. The summed E-state index contributed by atoms with van der Waals surface area (Å²) in [5.74, 6) is -0.271. The molecule has 1 saturated carbocycles. The lowest BCUT2D eigenvalue weighted by Crippen LogP contribution is -2.24. The Morgan fingerprint density at radius 2 is 2.00 bits per heavy atom. The summed E-state index contributed by atoms with van der Waals surface area (Å²) in [6, 6.07) is 4.89. The minimum Gasteiger partial charge on any atom is -0.478 e. The summed E-state index contributed by atoms with van der Waals surface area (Å²) in [6.07, 6.45) is 5.23. The number of rotatable bonds is 4. The van der Waals surface area contributed by atoms with Crippen LogP contribution in [-0.4, -0.2) is 20.5 Å². The lowest BCUT2D eigenvalue weighted by atomic mass is 9.87. The van der Waals surface area contributed by atoms with Crippen molar-refractivity contribution >= 4 is 32.7 Å². The fourth-order valence-electron chi connectivity index (χ4n) is 2.77. The third-order valence-corrected chi connectivity index (χ3v) is 6.41. The number of carboxylic acid groups (broad SMARTS) is 1. The zero-order valence-electron chi connectivity index (χ0n) is 11.5. The number of hydrogen-bond acceptors (Lipinski definition) is 2. The number of carboxylic acids is 1. The fourth-order valence-corrected chi connectivity index (χ4v) is 4.96. The number of benzene rings is 1. The molecule has 2 rings (SSSR count). The number of aromatic carboxylic acids is 1. The second-order valence-corrected chi connectivity index (χ2v) is 7.91. The molecular formula is C15H19BrO3S. The molecule has 1 atom stereocenters. The number of carbonyl (C=O) groups is 1. The van der Waals surface area contributed by atoms with E-state index in [9.17, 15) is 14.1 Å². The highest BCUT2D eigenvalue weighted by Crippen LogP contribution is 2.32. The molecule has 1 fully saturated rings. The van der Waals surface area contributed by atoms with Gasteiger partial charge in [0.15, 0.2) is 0 Å². The van der Waals surface area contributed by atoms with E-state index in [1.165, 1.54) is 12.5 Å². The molecule has 0 aliphatic heterocycles. The Balaban J connectivity index is 2.21. The molecule has 1 unspecified atom stereocenters. The highest BCUT2D eigenvalue weighted by molar-refractivity contribution is 9.10. The van der Waals surface area contributed by atoms with E-state index < -0.39 is 16.8 Å². The van der Waals surface area contributed by atoms with E-state index in [2.05, 4.69) is 22.9 Å². The van der Waals surface area contributed by atoms with Crippen LogP contribution in [0.15, 0.2) is 27.6 Å². The molecule has 0 bridgehead atoms. The average Bonchev–Trinajstić information content (AvgIpc) is 2.46. The molecule has 1 N–H and O–H groups in total. The van der Waals surface area contributed by atoms with Gasteiger partial charge in [-0.3, -0.25) is 4.21 Å². The van der Waals surface area contributed by atoms with Crippen LogP contribution in [0.5, 0.6) is 0 Å². The summed E-state index contributed by atoms with van der Waals surface area (Å²) in [7, 11) is -1.24. The maximum absolute atomic E-state index is 12.7. The van der Waals surface area contributed by atoms with Gasteiger partial charge in [0.2, 0.25) is 0 Å². The maximum Gasteiger partial charge on any atom is 0.336 e. The highest BCUT2D eigenvalue weighted by atomic mass is 79.9. The van der Waals surface area contributed by atoms with Crippen molar-refractivity contribution in [2.45, 2.75) is 49.2 Å². The Bertz CT molecular complexity index is 522. The summed E-state index contributed by atoms with van der Waals surface area (Å²) >= 11 is 3.33. The summed E-state index contributed by atoms with van der Waals surface area (Å²) in [5.41, 5.74) is 0.157. The van der Waals surface area contributed by atoms with Gasteiger partial charge in [-0.2, -0.15) is 0 Å². The average molecular weight is 359 g/mol. The first-order chi connectivity index (χ1) is 9.52. The molecule has 1 aliphatic carbocycles. The molecule has 0 spiro atoms. The van der Waals surface area contributed by atoms with E-state index in [0.717, 1.165) is 36.1 Å². The van der Waals surface area contributed by atoms with Crippen LogP contribution >= 0.6 is 15.9 Å². The van der Waals surface area contributed by atoms with Gasteiger partial charge in [0.05, 0.1) is 21.3 Å². The van der Waals surface area contributed by atoms with Crippen LogP contribution in [0.3, 0.4) is 0 Å². The van der Waals surface area contributed by atoms with Gasteiger partial charge in [-0.05, 0) is 49.8 Å². The van der Waals surface area contributed by atoms with Gasteiger partial charge in [0.25, 0.3) is 0 Å². The predicted molar refractivity (Wildman–Crippen MR) is 83.5 cm³/mol. The standard InChI is InChI=1S/C15H19BrO3S/c1-2-10-3-6-12(7-4-10)20(19)14-9-11(16)5-8-13(14)15(17)18/h5,8-10,12H,2-4,6-7H2,1H3,(H,17,18). The van der Waals surface area contributed by atoms with E-state index in [4.69, 9.17) is 0 Å². The molecule has 20 heavy (non-hydrogen) atoms. The van der Waals surface area contributed by atoms with Crippen LogP contribution in [-0.2, 0) is 10.8 Å². The van der Waals surface area contributed by atoms with E-state index in [1.807, 2.05) is 0 Å². The van der Waals surface area contributed by atoms with Crippen LogP contribution in [0.4, 0.5) is 0 Å². The summed E-state index contributed by atoms with van der Waals surface area (Å²) in [6.45, 7) is 2.19. The summed E-state index contributed by atoms with van der Waals surface area (Å²) in [4.78, 5) is 11.7.